The fourth-order valence-corrected chi connectivity index (χ4v) is 3.39. The molecule has 0 bridgehead atoms. The van der Waals surface area contributed by atoms with Gasteiger partial charge in [0.15, 0.2) is 0 Å². The second-order valence-electron chi connectivity index (χ2n) is 6.31. The molecular formula is C12H26N2O2S. The molecule has 1 saturated carbocycles. The molecule has 0 atom stereocenters. The van der Waals surface area contributed by atoms with Gasteiger partial charge in [-0.2, -0.15) is 0 Å². The maximum Gasteiger partial charge on any atom is 0.209 e. The van der Waals surface area contributed by atoms with Crippen molar-refractivity contribution in [2.45, 2.75) is 52.1 Å². The van der Waals surface area contributed by atoms with Crippen LogP contribution < -0.4 is 10.0 Å². The lowest BCUT2D eigenvalue weighted by Crippen LogP contribution is -2.54. The molecule has 0 unspecified atom stereocenters. The van der Waals surface area contributed by atoms with Crippen LogP contribution in [0, 0.1) is 11.8 Å². The Balaban J connectivity index is 2.28. The first kappa shape index (κ1) is 14.9. The van der Waals surface area contributed by atoms with Gasteiger partial charge in [0, 0.05) is 18.1 Å². The van der Waals surface area contributed by atoms with E-state index in [0.717, 1.165) is 11.8 Å². The largest absolute Gasteiger partial charge is 0.312 e. The van der Waals surface area contributed by atoms with Crippen LogP contribution in [-0.2, 0) is 10.0 Å². The van der Waals surface area contributed by atoms with Crippen molar-refractivity contribution in [3.63, 3.8) is 0 Å². The van der Waals surface area contributed by atoms with Gasteiger partial charge in [-0.1, -0.05) is 13.8 Å². The molecular weight excluding hydrogens is 236 g/mol. The van der Waals surface area contributed by atoms with Gasteiger partial charge in [0.1, 0.15) is 0 Å². The van der Waals surface area contributed by atoms with Crippen molar-refractivity contribution in [1.29, 1.82) is 0 Å². The van der Waals surface area contributed by atoms with Gasteiger partial charge in [-0.05, 0) is 38.5 Å². The highest BCUT2D eigenvalue weighted by Crippen LogP contribution is 2.33. The summed E-state index contributed by atoms with van der Waals surface area (Å²) in [7, 11) is -3.13. The van der Waals surface area contributed by atoms with E-state index in [1.54, 1.807) is 0 Å². The lowest BCUT2D eigenvalue weighted by molar-refractivity contribution is 0.162. The van der Waals surface area contributed by atoms with Crippen LogP contribution in [0.3, 0.4) is 0 Å². The van der Waals surface area contributed by atoms with E-state index in [2.05, 4.69) is 23.9 Å². The molecule has 2 N–H and O–H groups in total. The van der Waals surface area contributed by atoms with Gasteiger partial charge in [0.2, 0.25) is 10.0 Å². The van der Waals surface area contributed by atoms with Crippen LogP contribution in [0.1, 0.15) is 40.5 Å². The first-order valence-corrected chi connectivity index (χ1v) is 8.20. The van der Waals surface area contributed by atoms with E-state index >= 15 is 0 Å². The number of hydrogen-bond acceptors (Lipinski definition) is 3. The molecule has 1 aliphatic rings. The summed E-state index contributed by atoms with van der Waals surface area (Å²) in [5.41, 5.74) is -0.420. The van der Waals surface area contributed by atoms with Crippen LogP contribution in [0.4, 0.5) is 0 Å². The Morgan fingerprint density at radius 2 is 1.82 bits per heavy atom. The summed E-state index contributed by atoms with van der Waals surface area (Å²) in [6, 6.07) is 0.558. The van der Waals surface area contributed by atoms with E-state index in [-0.39, 0.29) is 0 Å². The number of rotatable bonds is 6. The summed E-state index contributed by atoms with van der Waals surface area (Å²) in [4.78, 5) is 0. The fraction of sp³-hybridized carbons (Fsp3) is 1.00. The number of sulfonamides is 1. The summed E-state index contributed by atoms with van der Waals surface area (Å²) in [6.45, 7) is 9.00. The Morgan fingerprint density at radius 3 is 2.24 bits per heavy atom. The first-order valence-electron chi connectivity index (χ1n) is 6.31. The number of hydrogen-bond donors (Lipinski definition) is 2. The fourth-order valence-electron chi connectivity index (χ4n) is 2.31. The molecule has 0 amide bonds. The Hall–Kier alpha value is -0.130. The highest BCUT2D eigenvalue weighted by Gasteiger charge is 2.32. The molecule has 0 aromatic rings. The zero-order valence-electron chi connectivity index (χ0n) is 11.6. The molecule has 0 aromatic heterocycles. The molecule has 4 nitrogen and oxygen atoms in total. The lowest BCUT2D eigenvalue weighted by atomic mass is 9.73. The molecule has 1 rings (SSSR count). The molecule has 0 aromatic carbocycles. The van der Waals surface area contributed by atoms with Crippen LogP contribution in [0.2, 0.25) is 0 Å². The maximum atomic E-state index is 11.2. The minimum Gasteiger partial charge on any atom is -0.312 e. The third kappa shape index (κ3) is 5.36. The summed E-state index contributed by atoms with van der Waals surface area (Å²) in [5.74, 6) is 1.59. The Kier molecular flexibility index (Phi) is 4.60. The lowest BCUT2D eigenvalue weighted by Gasteiger charge is -2.40. The molecule has 5 heteroatoms. The van der Waals surface area contributed by atoms with E-state index in [1.807, 2.05) is 13.8 Å². The van der Waals surface area contributed by atoms with Gasteiger partial charge in [-0.3, -0.25) is 0 Å². The Bertz CT molecular complexity index is 344. The van der Waals surface area contributed by atoms with Crippen LogP contribution >= 0.6 is 0 Å². The van der Waals surface area contributed by atoms with Crippen LogP contribution in [0.5, 0.6) is 0 Å². The highest BCUT2D eigenvalue weighted by molar-refractivity contribution is 7.88. The van der Waals surface area contributed by atoms with Gasteiger partial charge in [0.25, 0.3) is 0 Å². The molecule has 0 radical (unpaired) electrons. The minimum atomic E-state index is -3.13. The van der Waals surface area contributed by atoms with Crippen molar-refractivity contribution < 1.29 is 8.42 Å². The van der Waals surface area contributed by atoms with Gasteiger partial charge < -0.3 is 5.32 Å². The van der Waals surface area contributed by atoms with Crippen molar-refractivity contribution in [3.8, 4) is 0 Å². The minimum absolute atomic E-state index is 0.420. The monoisotopic (exact) mass is 262 g/mol. The van der Waals surface area contributed by atoms with Crippen molar-refractivity contribution in [3.05, 3.63) is 0 Å². The van der Waals surface area contributed by atoms with Gasteiger partial charge >= 0.3 is 0 Å². The molecule has 0 heterocycles. The number of nitrogens with one attached hydrogen (secondary N) is 2. The molecule has 0 spiro atoms. The normalized spacial score (nSPS) is 26.0. The quantitative estimate of drug-likeness (QED) is 0.759. The molecule has 1 fully saturated rings. The van der Waals surface area contributed by atoms with Crippen molar-refractivity contribution in [2.75, 3.05) is 12.8 Å². The summed E-state index contributed by atoms with van der Waals surface area (Å²) in [5, 5.41) is 3.44. The van der Waals surface area contributed by atoms with Crippen molar-refractivity contribution in [1.82, 2.24) is 10.0 Å². The first-order chi connectivity index (χ1) is 7.59. The zero-order chi connectivity index (χ0) is 13.3. The predicted octanol–water partition coefficient (Wildman–Crippen LogP) is 1.34. The molecule has 102 valence electrons. The molecule has 17 heavy (non-hydrogen) atoms. The van der Waals surface area contributed by atoms with E-state index < -0.39 is 15.6 Å². The Morgan fingerprint density at radius 1 is 1.29 bits per heavy atom. The highest BCUT2D eigenvalue weighted by atomic mass is 32.2. The smallest absolute Gasteiger partial charge is 0.209 e. The Labute approximate surface area is 106 Å². The van der Waals surface area contributed by atoms with Crippen LogP contribution in [0.15, 0.2) is 0 Å². The van der Waals surface area contributed by atoms with Crippen molar-refractivity contribution >= 4 is 10.0 Å². The predicted molar refractivity (Wildman–Crippen MR) is 71.4 cm³/mol. The van der Waals surface area contributed by atoms with Gasteiger partial charge in [-0.25, -0.2) is 13.1 Å². The molecule has 1 aliphatic carbocycles. The second-order valence-corrected chi connectivity index (χ2v) is 8.06. The van der Waals surface area contributed by atoms with E-state index in [4.69, 9.17) is 0 Å². The maximum absolute atomic E-state index is 11.2. The third-order valence-corrected chi connectivity index (χ3v) is 4.34. The average Bonchev–Trinajstić information content (AvgIpc) is 1.94. The molecule has 0 saturated heterocycles. The SMILES string of the molecule is CC(C)C1CC(NCC(C)(C)NS(C)(=O)=O)C1. The second kappa shape index (κ2) is 5.24. The van der Waals surface area contributed by atoms with Crippen molar-refractivity contribution in [2.24, 2.45) is 11.8 Å². The zero-order valence-corrected chi connectivity index (χ0v) is 12.4. The summed E-state index contributed by atoms with van der Waals surface area (Å²) >= 11 is 0. The van der Waals surface area contributed by atoms with Crippen LogP contribution in [0.25, 0.3) is 0 Å². The van der Waals surface area contributed by atoms with E-state index in [1.165, 1.54) is 19.1 Å². The van der Waals surface area contributed by atoms with Gasteiger partial charge in [-0.15, -0.1) is 0 Å². The average molecular weight is 262 g/mol. The topological polar surface area (TPSA) is 58.2 Å². The van der Waals surface area contributed by atoms with E-state index in [9.17, 15) is 8.42 Å². The molecule has 0 aliphatic heterocycles. The van der Waals surface area contributed by atoms with E-state index in [0.29, 0.717) is 12.6 Å². The van der Waals surface area contributed by atoms with Crippen LogP contribution in [-0.4, -0.2) is 32.8 Å². The summed E-state index contributed by atoms with van der Waals surface area (Å²) in [6.07, 6.45) is 3.63. The van der Waals surface area contributed by atoms with Gasteiger partial charge in [0.05, 0.1) is 6.26 Å². The third-order valence-electron chi connectivity index (χ3n) is 3.41. The summed E-state index contributed by atoms with van der Waals surface area (Å²) < 4.78 is 25.0. The standard InChI is InChI=1S/C12H26N2O2S/c1-9(2)10-6-11(7-10)13-8-12(3,4)14-17(5,15)16/h9-11,13-14H,6-8H2,1-5H3.